The smallest absolute Gasteiger partial charge is 0.374 e. The minimum absolute atomic E-state index is 0.273. The third-order valence-electron chi connectivity index (χ3n) is 1.79. The SMILES string of the molecule is CC1(C)C=[N+]([O-])C(C(=O)O)C1. The molecule has 0 radical (unpaired) electrons. The summed E-state index contributed by atoms with van der Waals surface area (Å²) in [6.45, 7) is 3.70. The molecule has 0 saturated heterocycles. The molecule has 11 heavy (non-hydrogen) atoms. The second-order valence-electron chi connectivity index (χ2n) is 3.54. The summed E-state index contributed by atoms with van der Waals surface area (Å²) in [5, 5.41) is 19.5. The van der Waals surface area contributed by atoms with Gasteiger partial charge in [-0.2, -0.15) is 0 Å². The first-order valence-electron chi connectivity index (χ1n) is 3.47. The van der Waals surface area contributed by atoms with Gasteiger partial charge in [-0.05, 0) is 0 Å². The van der Waals surface area contributed by atoms with Gasteiger partial charge in [-0.1, -0.05) is 13.8 Å². The Bertz CT molecular complexity index is 220. The van der Waals surface area contributed by atoms with Crippen molar-refractivity contribution in [2.45, 2.75) is 26.3 Å². The third kappa shape index (κ3) is 1.50. The van der Waals surface area contributed by atoms with Gasteiger partial charge in [-0.3, -0.25) is 0 Å². The molecule has 0 spiro atoms. The largest absolute Gasteiger partial charge is 0.623 e. The van der Waals surface area contributed by atoms with Crippen molar-refractivity contribution < 1.29 is 14.6 Å². The Balaban J connectivity index is 2.80. The van der Waals surface area contributed by atoms with Crippen molar-refractivity contribution in [2.24, 2.45) is 5.41 Å². The summed E-state index contributed by atoms with van der Waals surface area (Å²) in [5.74, 6) is -1.04. The van der Waals surface area contributed by atoms with Crippen molar-refractivity contribution >= 4 is 12.2 Å². The molecule has 1 rings (SSSR count). The van der Waals surface area contributed by atoms with Crippen molar-refractivity contribution in [1.82, 2.24) is 0 Å². The van der Waals surface area contributed by atoms with Gasteiger partial charge in [0.25, 0.3) is 6.04 Å². The lowest BCUT2D eigenvalue weighted by Crippen LogP contribution is -2.27. The van der Waals surface area contributed by atoms with Gasteiger partial charge < -0.3 is 10.3 Å². The number of carboxylic acids is 1. The van der Waals surface area contributed by atoms with Crippen molar-refractivity contribution in [3.05, 3.63) is 5.21 Å². The van der Waals surface area contributed by atoms with Crippen LogP contribution in [0.4, 0.5) is 0 Å². The second-order valence-corrected chi connectivity index (χ2v) is 3.54. The van der Waals surface area contributed by atoms with Gasteiger partial charge in [-0.25, -0.2) is 9.53 Å². The molecule has 4 nitrogen and oxygen atoms in total. The van der Waals surface area contributed by atoms with E-state index in [1.807, 2.05) is 13.8 Å². The maximum Gasteiger partial charge on any atom is 0.374 e. The van der Waals surface area contributed by atoms with Crippen LogP contribution in [0.3, 0.4) is 0 Å². The molecule has 1 heterocycles. The molecular formula is C7H11NO3. The van der Waals surface area contributed by atoms with Gasteiger partial charge in [0.05, 0.1) is 0 Å². The molecule has 1 N–H and O–H groups in total. The summed E-state index contributed by atoms with van der Waals surface area (Å²) in [5.41, 5.74) is -0.273. The Morgan fingerprint density at radius 1 is 1.82 bits per heavy atom. The normalized spacial score (nSPS) is 28.2. The number of carbonyl (C=O) groups is 1. The molecule has 0 aromatic rings. The van der Waals surface area contributed by atoms with Gasteiger partial charge in [0, 0.05) is 11.8 Å². The van der Waals surface area contributed by atoms with E-state index in [1.165, 1.54) is 6.21 Å². The van der Waals surface area contributed by atoms with E-state index in [0.717, 1.165) is 0 Å². The number of nitrogens with zero attached hydrogens (tertiary/aromatic N) is 1. The third-order valence-corrected chi connectivity index (χ3v) is 1.79. The van der Waals surface area contributed by atoms with Crippen LogP contribution in [0.25, 0.3) is 0 Å². The minimum atomic E-state index is -1.04. The van der Waals surface area contributed by atoms with E-state index in [1.54, 1.807) is 0 Å². The fourth-order valence-corrected chi connectivity index (χ4v) is 1.27. The number of hydrogen-bond donors (Lipinski definition) is 1. The fraction of sp³-hybridized carbons (Fsp3) is 0.714. The molecule has 1 aliphatic heterocycles. The van der Waals surface area contributed by atoms with Gasteiger partial charge >= 0.3 is 5.97 Å². The summed E-state index contributed by atoms with van der Waals surface area (Å²) in [6.07, 6.45) is 1.82. The number of hydroxylamine groups is 1. The topological polar surface area (TPSA) is 63.4 Å². The van der Waals surface area contributed by atoms with Crippen molar-refractivity contribution in [1.29, 1.82) is 0 Å². The molecule has 0 saturated carbocycles. The number of carboxylic acid groups (broad SMARTS) is 1. The van der Waals surface area contributed by atoms with Crippen LogP contribution in [0.5, 0.6) is 0 Å². The van der Waals surface area contributed by atoms with Gasteiger partial charge in [-0.15, -0.1) is 0 Å². The average Bonchev–Trinajstić information content (AvgIpc) is 2.05. The van der Waals surface area contributed by atoms with Crippen LogP contribution in [0.15, 0.2) is 0 Å². The first-order chi connectivity index (χ1) is 4.92. The lowest BCUT2D eigenvalue weighted by molar-refractivity contribution is -0.475. The predicted molar refractivity (Wildman–Crippen MR) is 39.5 cm³/mol. The zero-order valence-corrected chi connectivity index (χ0v) is 6.57. The highest BCUT2D eigenvalue weighted by atomic mass is 16.5. The van der Waals surface area contributed by atoms with Crippen LogP contribution >= 0.6 is 0 Å². The van der Waals surface area contributed by atoms with Crippen LogP contribution < -0.4 is 0 Å². The molecule has 4 heteroatoms. The summed E-state index contributed by atoms with van der Waals surface area (Å²) >= 11 is 0. The Morgan fingerprint density at radius 2 is 2.36 bits per heavy atom. The van der Waals surface area contributed by atoms with E-state index in [2.05, 4.69) is 0 Å². The fourth-order valence-electron chi connectivity index (χ4n) is 1.27. The number of hydrogen-bond acceptors (Lipinski definition) is 2. The minimum Gasteiger partial charge on any atom is -0.623 e. The van der Waals surface area contributed by atoms with E-state index < -0.39 is 12.0 Å². The van der Waals surface area contributed by atoms with Crippen LogP contribution in [0, 0.1) is 10.6 Å². The molecule has 0 aromatic heterocycles. The van der Waals surface area contributed by atoms with E-state index in [9.17, 15) is 10.0 Å². The quantitative estimate of drug-likeness (QED) is 0.444. The first kappa shape index (κ1) is 8.04. The Kier molecular flexibility index (Phi) is 1.62. The highest BCUT2D eigenvalue weighted by Gasteiger charge is 2.40. The van der Waals surface area contributed by atoms with Gasteiger partial charge in [0.15, 0.2) is 6.21 Å². The summed E-state index contributed by atoms with van der Waals surface area (Å²) in [7, 11) is 0. The molecule has 0 aliphatic carbocycles. The summed E-state index contributed by atoms with van der Waals surface area (Å²) < 4.78 is 0.530. The molecule has 0 bridgehead atoms. The zero-order valence-electron chi connectivity index (χ0n) is 6.57. The molecule has 0 aromatic carbocycles. The van der Waals surface area contributed by atoms with Gasteiger partial charge in [0.1, 0.15) is 0 Å². The number of aliphatic carboxylic acids is 1. The molecule has 0 fully saturated rings. The second kappa shape index (κ2) is 2.22. The van der Waals surface area contributed by atoms with Crippen LogP contribution in [-0.4, -0.2) is 28.1 Å². The highest BCUT2D eigenvalue weighted by molar-refractivity contribution is 5.76. The molecule has 62 valence electrons. The van der Waals surface area contributed by atoms with Crippen molar-refractivity contribution in [2.75, 3.05) is 0 Å². The highest BCUT2D eigenvalue weighted by Crippen LogP contribution is 2.26. The molecular weight excluding hydrogens is 146 g/mol. The van der Waals surface area contributed by atoms with Crippen molar-refractivity contribution in [3.8, 4) is 0 Å². The zero-order chi connectivity index (χ0) is 8.65. The average molecular weight is 157 g/mol. The standard InChI is InChI=1S/C7H11NO3/c1-7(2)3-5(6(9)10)8(11)4-7/h4-5H,3H2,1-2H3,(H,9,10). The van der Waals surface area contributed by atoms with Gasteiger partial charge in [0.2, 0.25) is 0 Å². The Labute approximate surface area is 64.7 Å². The predicted octanol–water partition coefficient (Wildman–Crippen LogP) is 0.451. The monoisotopic (exact) mass is 157 g/mol. The summed E-state index contributed by atoms with van der Waals surface area (Å²) in [4.78, 5) is 10.4. The van der Waals surface area contributed by atoms with Crippen LogP contribution in [0.1, 0.15) is 20.3 Å². The van der Waals surface area contributed by atoms with Crippen molar-refractivity contribution in [3.63, 3.8) is 0 Å². The first-order valence-corrected chi connectivity index (χ1v) is 3.47. The van der Waals surface area contributed by atoms with Crippen LogP contribution in [-0.2, 0) is 4.79 Å². The van der Waals surface area contributed by atoms with Crippen LogP contribution in [0.2, 0.25) is 0 Å². The summed E-state index contributed by atoms with van der Waals surface area (Å²) in [6, 6.07) is -0.884. The lowest BCUT2D eigenvalue weighted by atomic mass is 9.91. The molecule has 1 atom stereocenters. The van der Waals surface area contributed by atoms with E-state index in [4.69, 9.17) is 5.11 Å². The molecule has 1 aliphatic rings. The Morgan fingerprint density at radius 3 is 2.55 bits per heavy atom. The van der Waals surface area contributed by atoms with E-state index in [0.29, 0.717) is 11.2 Å². The number of rotatable bonds is 1. The van der Waals surface area contributed by atoms with E-state index >= 15 is 0 Å². The maximum atomic E-state index is 10.9. The maximum absolute atomic E-state index is 10.9. The lowest BCUT2D eigenvalue weighted by Gasteiger charge is -2.08. The molecule has 0 amide bonds. The Hall–Kier alpha value is -1.06. The molecule has 1 unspecified atom stereocenters. The van der Waals surface area contributed by atoms with E-state index in [-0.39, 0.29) is 5.41 Å².